The molecule has 1 atom stereocenters. The molecular formula is C17H25ClN2O3. The minimum atomic E-state index is 0. The molecule has 2 aromatic heterocycles. The molecule has 1 unspecified atom stereocenters. The molecule has 0 spiro atoms. The van der Waals surface area contributed by atoms with Crippen LogP contribution in [0.4, 0.5) is 0 Å². The molecule has 1 aliphatic heterocycles. The van der Waals surface area contributed by atoms with E-state index < -0.39 is 0 Å². The summed E-state index contributed by atoms with van der Waals surface area (Å²) in [6, 6.07) is 2.06. The lowest BCUT2D eigenvalue weighted by atomic mass is 10.2. The topological polar surface area (TPSA) is 45.5 Å². The van der Waals surface area contributed by atoms with E-state index in [1.54, 1.807) is 7.11 Å². The van der Waals surface area contributed by atoms with Gasteiger partial charge in [-0.3, -0.25) is 0 Å². The molecule has 5 nitrogen and oxygen atoms in total. The Kier molecular flexibility index (Phi) is 6.27. The van der Waals surface area contributed by atoms with Gasteiger partial charge in [0, 0.05) is 37.5 Å². The second kappa shape index (κ2) is 7.99. The van der Waals surface area contributed by atoms with Crippen molar-refractivity contribution in [3.8, 4) is 5.88 Å². The van der Waals surface area contributed by atoms with Crippen molar-refractivity contribution >= 4 is 23.3 Å². The molecule has 2 aromatic rings. The van der Waals surface area contributed by atoms with E-state index in [1.807, 2.05) is 6.20 Å². The number of methoxy groups -OCH3 is 1. The normalized spacial score (nSPS) is 17.4. The fourth-order valence-corrected chi connectivity index (χ4v) is 3.08. The molecule has 0 aliphatic carbocycles. The molecule has 0 aromatic carbocycles. The summed E-state index contributed by atoms with van der Waals surface area (Å²) in [6.07, 6.45) is 4.20. The first-order chi connectivity index (χ1) is 10.7. The average Bonchev–Trinajstić information content (AvgIpc) is 3.13. The van der Waals surface area contributed by atoms with Gasteiger partial charge in [-0.2, -0.15) is 0 Å². The minimum absolute atomic E-state index is 0. The summed E-state index contributed by atoms with van der Waals surface area (Å²) in [5, 5.41) is 1.20. The van der Waals surface area contributed by atoms with Gasteiger partial charge in [0.15, 0.2) is 0 Å². The lowest BCUT2D eigenvalue weighted by Crippen LogP contribution is -2.17. The minimum Gasteiger partial charge on any atom is -0.473 e. The summed E-state index contributed by atoms with van der Waals surface area (Å²) in [6.45, 7) is 7.16. The first-order valence-electron chi connectivity index (χ1n) is 7.90. The Morgan fingerprint density at radius 2 is 2.22 bits per heavy atom. The van der Waals surface area contributed by atoms with Crippen LogP contribution < -0.4 is 4.74 Å². The third-order valence-corrected chi connectivity index (χ3v) is 4.46. The number of hydrogen-bond acceptors (Lipinski definition) is 4. The Morgan fingerprint density at radius 3 is 2.91 bits per heavy atom. The van der Waals surface area contributed by atoms with Gasteiger partial charge in [0.25, 0.3) is 0 Å². The molecule has 0 radical (unpaired) electrons. The lowest BCUT2D eigenvalue weighted by Gasteiger charge is -2.13. The molecule has 3 heterocycles. The Balaban J connectivity index is 0.00000192. The third kappa shape index (κ3) is 3.62. The lowest BCUT2D eigenvalue weighted by molar-refractivity contribution is 0.0667. The highest BCUT2D eigenvalue weighted by atomic mass is 35.5. The van der Waals surface area contributed by atoms with Crippen LogP contribution in [0.5, 0.6) is 5.88 Å². The van der Waals surface area contributed by atoms with Gasteiger partial charge < -0.3 is 18.8 Å². The van der Waals surface area contributed by atoms with Crippen LogP contribution in [0.3, 0.4) is 0 Å². The Hall–Kier alpha value is -1.30. The molecule has 3 rings (SSSR count). The van der Waals surface area contributed by atoms with E-state index in [9.17, 15) is 0 Å². The molecular weight excluding hydrogens is 316 g/mol. The van der Waals surface area contributed by atoms with Crippen molar-refractivity contribution in [1.29, 1.82) is 0 Å². The van der Waals surface area contributed by atoms with Crippen molar-refractivity contribution in [2.45, 2.75) is 39.3 Å². The first kappa shape index (κ1) is 18.0. The quantitative estimate of drug-likeness (QED) is 0.809. The number of fused-ring (bicyclic) bond motifs is 1. The van der Waals surface area contributed by atoms with Crippen LogP contribution in [0.2, 0.25) is 0 Å². The first-order valence-corrected chi connectivity index (χ1v) is 7.90. The van der Waals surface area contributed by atoms with Crippen molar-refractivity contribution in [3.63, 3.8) is 0 Å². The fraction of sp³-hybridized carbons (Fsp3) is 0.588. The summed E-state index contributed by atoms with van der Waals surface area (Å²) in [7, 11) is 1.72. The number of ether oxygens (including phenoxy) is 3. The monoisotopic (exact) mass is 340 g/mol. The molecule has 0 N–H and O–H groups in total. The van der Waals surface area contributed by atoms with E-state index in [2.05, 4.69) is 29.5 Å². The van der Waals surface area contributed by atoms with Crippen LogP contribution in [0.15, 0.2) is 12.3 Å². The van der Waals surface area contributed by atoms with Gasteiger partial charge in [0.2, 0.25) is 5.88 Å². The van der Waals surface area contributed by atoms with Gasteiger partial charge in [-0.15, -0.1) is 12.4 Å². The van der Waals surface area contributed by atoms with Crippen LogP contribution >= 0.6 is 12.4 Å². The molecule has 1 fully saturated rings. The second-order valence-corrected chi connectivity index (χ2v) is 5.81. The van der Waals surface area contributed by atoms with Crippen molar-refractivity contribution in [1.82, 2.24) is 9.55 Å². The molecule has 6 heteroatoms. The maximum atomic E-state index is 5.99. The zero-order chi connectivity index (χ0) is 15.5. The summed E-state index contributed by atoms with van der Waals surface area (Å²) in [5.41, 5.74) is 3.57. The number of hydrogen-bond donors (Lipinski definition) is 0. The highest BCUT2D eigenvalue weighted by Crippen LogP contribution is 2.31. The van der Waals surface area contributed by atoms with E-state index >= 15 is 0 Å². The number of pyridine rings is 1. The van der Waals surface area contributed by atoms with Crippen LogP contribution in [0.1, 0.15) is 24.1 Å². The van der Waals surface area contributed by atoms with Gasteiger partial charge in [-0.25, -0.2) is 4.98 Å². The van der Waals surface area contributed by atoms with Gasteiger partial charge in [-0.1, -0.05) is 0 Å². The van der Waals surface area contributed by atoms with Gasteiger partial charge in [0.1, 0.15) is 12.1 Å². The zero-order valence-electron chi connectivity index (χ0n) is 14.0. The molecule has 0 saturated carbocycles. The Morgan fingerprint density at radius 1 is 1.39 bits per heavy atom. The molecule has 0 bridgehead atoms. The highest BCUT2D eigenvalue weighted by molar-refractivity contribution is 5.88. The Labute approximate surface area is 143 Å². The predicted molar refractivity (Wildman–Crippen MR) is 92.8 cm³/mol. The van der Waals surface area contributed by atoms with E-state index in [4.69, 9.17) is 14.2 Å². The van der Waals surface area contributed by atoms with Gasteiger partial charge in [-0.05, 0) is 38.3 Å². The highest BCUT2D eigenvalue weighted by Gasteiger charge is 2.19. The molecule has 1 saturated heterocycles. The van der Waals surface area contributed by atoms with Crippen molar-refractivity contribution in [2.24, 2.45) is 0 Å². The van der Waals surface area contributed by atoms with Crippen LogP contribution in [0, 0.1) is 13.8 Å². The zero-order valence-corrected chi connectivity index (χ0v) is 14.8. The van der Waals surface area contributed by atoms with Crippen LogP contribution in [-0.2, 0) is 16.0 Å². The van der Waals surface area contributed by atoms with E-state index in [0.717, 1.165) is 31.5 Å². The largest absolute Gasteiger partial charge is 0.473 e. The standard InChI is InChI=1S/C17H24N2O3.ClH/c1-12-13(2)19(8-10-20-3)16-15(12)6-7-18-17(16)22-11-14-5-4-9-21-14;/h6-7,14H,4-5,8-11H2,1-3H3;1H. The fourth-order valence-electron chi connectivity index (χ4n) is 3.08. The van der Waals surface area contributed by atoms with E-state index in [-0.39, 0.29) is 18.5 Å². The summed E-state index contributed by atoms with van der Waals surface area (Å²) in [5.74, 6) is 0.695. The average molecular weight is 341 g/mol. The summed E-state index contributed by atoms with van der Waals surface area (Å²) in [4.78, 5) is 4.45. The SMILES string of the molecule is COCCn1c(C)c(C)c2ccnc(OCC3CCCO3)c21.Cl. The maximum absolute atomic E-state index is 5.99. The summed E-state index contributed by atoms with van der Waals surface area (Å²) >= 11 is 0. The molecule has 23 heavy (non-hydrogen) atoms. The second-order valence-electron chi connectivity index (χ2n) is 5.81. The molecule has 128 valence electrons. The van der Waals surface area contributed by atoms with Crippen molar-refractivity contribution < 1.29 is 14.2 Å². The summed E-state index contributed by atoms with van der Waals surface area (Å²) < 4.78 is 19.1. The maximum Gasteiger partial charge on any atom is 0.238 e. The van der Waals surface area contributed by atoms with Crippen molar-refractivity contribution in [2.75, 3.05) is 26.9 Å². The van der Waals surface area contributed by atoms with Gasteiger partial charge in [0.05, 0.1) is 12.7 Å². The number of halogens is 1. The van der Waals surface area contributed by atoms with Crippen LogP contribution in [0.25, 0.3) is 10.9 Å². The Bertz CT molecular complexity index is 651. The number of aryl methyl sites for hydroxylation is 1. The number of aromatic nitrogens is 2. The van der Waals surface area contributed by atoms with E-state index in [0.29, 0.717) is 19.1 Å². The third-order valence-electron chi connectivity index (χ3n) is 4.46. The predicted octanol–water partition coefficient (Wildman–Crippen LogP) is 3.28. The molecule has 1 aliphatic rings. The van der Waals surface area contributed by atoms with Crippen LogP contribution in [-0.4, -0.2) is 42.6 Å². The van der Waals surface area contributed by atoms with Crippen molar-refractivity contribution in [3.05, 3.63) is 23.5 Å². The number of rotatable bonds is 6. The number of nitrogens with zero attached hydrogens (tertiary/aromatic N) is 2. The molecule has 0 amide bonds. The van der Waals surface area contributed by atoms with Gasteiger partial charge >= 0.3 is 0 Å². The smallest absolute Gasteiger partial charge is 0.238 e. The van der Waals surface area contributed by atoms with E-state index in [1.165, 1.54) is 16.6 Å².